The number of alkyl halides is 5. The van der Waals surface area contributed by atoms with Gasteiger partial charge in [0.2, 0.25) is 0 Å². The van der Waals surface area contributed by atoms with Crippen LogP contribution in [-0.4, -0.2) is 39.0 Å². The molecular formula is C16H13ClF6N6O2. The maximum atomic E-state index is 14.4. The summed E-state index contributed by atoms with van der Waals surface area (Å²) in [5.41, 5.74) is 2.36. The van der Waals surface area contributed by atoms with E-state index >= 15 is 0 Å². The maximum absolute atomic E-state index is 14.4. The third kappa shape index (κ3) is 4.68. The molecule has 0 fully saturated rings. The van der Waals surface area contributed by atoms with Crippen molar-refractivity contribution in [2.24, 2.45) is 10.7 Å². The average Bonchev–Trinajstić information content (AvgIpc) is 3.04. The third-order valence-corrected chi connectivity index (χ3v) is 4.54. The summed E-state index contributed by atoms with van der Waals surface area (Å²) in [5, 5.41) is 5.12. The molecule has 31 heavy (non-hydrogen) atoms. The monoisotopic (exact) mass is 470 g/mol. The molecule has 0 radical (unpaired) electrons. The Kier molecular flexibility index (Phi) is 5.78. The van der Waals surface area contributed by atoms with E-state index in [1.165, 1.54) is 6.92 Å². The highest BCUT2D eigenvalue weighted by Gasteiger charge is 2.50. The fraction of sp³-hybridized carbons (Fsp3) is 0.375. The molecule has 3 rings (SSSR count). The summed E-state index contributed by atoms with van der Waals surface area (Å²) in [6.45, 7) is -1.88. The number of aliphatic imine (C=N–C) groups is 1. The molecule has 0 aliphatic carbocycles. The number of nitrogens with one attached hydrogen (secondary N) is 1. The Bertz CT molecular complexity index is 1040. The van der Waals surface area contributed by atoms with Crippen molar-refractivity contribution in [3.05, 3.63) is 40.6 Å². The molecule has 3 N–H and O–H groups in total. The van der Waals surface area contributed by atoms with E-state index in [2.05, 4.69) is 25.1 Å². The fourth-order valence-electron chi connectivity index (χ4n) is 2.88. The summed E-state index contributed by atoms with van der Waals surface area (Å²) in [5.74, 6) is -2.38. The van der Waals surface area contributed by atoms with Crippen LogP contribution in [0.3, 0.4) is 0 Å². The standard InChI is InChI=1S/C16H13ClF6N6O2/c1-15(4-8(16(21,22)23)31-14(24)27-15)11-7(18)2-3-9(25-11)26-12(30)10-6(17)5-29(28-10)13(19)20/h2-3,5,8,13H,4H2,1H3,(H2,24,27)(H,25,26,30)/t8-,15+/m0/s1. The van der Waals surface area contributed by atoms with Gasteiger partial charge in [0.1, 0.15) is 22.9 Å². The van der Waals surface area contributed by atoms with Crippen LogP contribution in [0.5, 0.6) is 0 Å². The number of amides is 1. The second kappa shape index (κ2) is 7.90. The first-order valence-electron chi connectivity index (χ1n) is 8.40. The maximum Gasteiger partial charge on any atom is 0.425 e. The first-order chi connectivity index (χ1) is 14.3. The second-order valence-electron chi connectivity index (χ2n) is 6.64. The number of aromatic nitrogens is 3. The van der Waals surface area contributed by atoms with Gasteiger partial charge in [-0.05, 0) is 19.1 Å². The van der Waals surface area contributed by atoms with Gasteiger partial charge in [0.05, 0.1) is 11.2 Å². The number of amidine groups is 1. The lowest BCUT2D eigenvalue weighted by Crippen LogP contribution is -2.46. The number of anilines is 1. The molecule has 0 saturated heterocycles. The lowest BCUT2D eigenvalue weighted by molar-refractivity contribution is -0.208. The molecule has 0 unspecified atom stereocenters. The number of nitrogens with two attached hydrogens (primary N) is 1. The van der Waals surface area contributed by atoms with E-state index < -0.39 is 59.9 Å². The Labute approximate surface area is 175 Å². The van der Waals surface area contributed by atoms with Gasteiger partial charge >= 0.3 is 12.7 Å². The van der Waals surface area contributed by atoms with Gasteiger partial charge in [0.15, 0.2) is 11.8 Å². The molecular weight excluding hydrogens is 458 g/mol. The van der Waals surface area contributed by atoms with Gasteiger partial charge in [0, 0.05) is 6.42 Å². The SMILES string of the molecule is C[C@]1(c2nc(NC(=O)c3nn(C(F)F)cc3Cl)ccc2F)C[C@@H](C(F)(F)F)OC(N)=N1. The zero-order chi connectivity index (χ0) is 23.1. The topological polar surface area (TPSA) is 107 Å². The lowest BCUT2D eigenvalue weighted by Gasteiger charge is -2.35. The molecule has 168 valence electrons. The van der Waals surface area contributed by atoms with Gasteiger partial charge in [-0.1, -0.05) is 11.6 Å². The summed E-state index contributed by atoms with van der Waals surface area (Å²) in [7, 11) is 0. The van der Waals surface area contributed by atoms with Crippen LogP contribution >= 0.6 is 11.6 Å². The van der Waals surface area contributed by atoms with Crippen LogP contribution in [0, 0.1) is 5.82 Å². The third-order valence-electron chi connectivity index (χ3n) is 4.27. The fourth-order valence-corrected chi connectivity index (χ4v) is 3.11. The van der Waals surface area contributed by atoms with Gasteiger partial charge in [-0.25, -0.2) is 19.0 Å². The summed E-state index contributed by atoms with van der Waals surface area (Å²) < 4.78 is 83.8. The minimum atomic E-state index is -4.80. The number of hydrogen-bond donors (Lipinski definition) is 2. The van der Waals surface area contributed by atoms with E-state index in [-0.39, 0.29) is 15.5 Å². The van der Waals surface area contributed by atoms with Crippen molar-refractivity contribution in [2.45, 2.75) is 37.7 Å². The van der Waals surface area contributed by atoms with Crippen molar-refractivity contribution in [3.63, 3.8) is 0 Å². The smallest absolute Gasteiger partial charge is 0.425 e. The van der Waals surface area contributed by atoms with Crippen molar-refractivity contribution < 1.29 is 35.9 Å². The Morgan fingerprint density at radius 2 is 2.10 bits per heavy atom. The summed E-state index contributed by atoms with van der Waals surface area (Å²) in [4.78, 5) is 19.9. The summed E-state index contributed by atoms with van der Waals surface area (Å²) >= 11 is 5.72. The van der Waals surface area contributed by atoms with E-state index in [9.17, 15) is 31.1 Å². The van der Waals surface area contributed by atoms with Crippen molar-refractivity contribution in [1.29, 1.82) is 0 Å². The molecule has 3 heterocycles. The molecule has 1 aliphatic rings. The van der Waals surface area contributed by atoms with Crippen molar-refractivity contribution in [3.8, 4) is 0 Å². The van der Waals surface area contributed by atoms with Gasteiger partial charge in [-0.2, -0.15) is 27.1 Å². The Morgan fingerprint density at radius 3 is 2.68 bits per heavy atom. The largest absolute Gasteiger partial charge is 0.452 e. The Hall–Kier alpha value is -3.03. The molecule has 1 aliphatic heterocycles. The predicted molar refractivity (Wildman–Crippen MR) is 95.2 cm³/mol. The Balaban J connectivity index is 1.92. The second-order valence-corrected chi connectivity index (χ2v) is 7.05. The number of pyridine rings is 1. The molecule has 8 nitrogen and oxygen atoms in total. The zero-order valence-corrected chi connectivity index (χ0v) is 16.2. The molecule has 2 aromatic rings. The van der Waals surface area contributed by atoms with E-state index in [0.717, 1.165) is 18.3 Å². The zero-order valence-electron chi connectivity index (χ0n) is 15.4. The highest BCUT2D eigenvalue weighted by molar-refractivity contribution is 6.34. The van der Waals surface area contributed by atoms with Crippen LogP contribution in [0.15, 0.2) is 23.3 Å². The van der Waals surface area contributed by atoms with Crippen LogP contribution in [-0.2, 0) is 10.3 Å². The van der Waals surface area contributed by atoms with Gasteiger partial charge in [-0.15, -0.1) is 0 Å². The molecule has 0 saturated carbocycles. The van der Waals surface area contributed by atoms with E-state index in [0.29, 0.717) is 0 Å². The predicted octanol–water partition coefficient (Wildman–Crippen LogP) is 3.60. The Morgan fingerprint density at radius 1 is 1.42 bits per heavy atom. The number of hydrogen-bond acceptors (Lipinski definition) is 6. The number of rotatable bonds is 4. The molecule has 0 spiro atoms. The van der Waals surface area contributed by atoms with Crippen molar-refractivity contribution in [2.75, 3.05) is 5.32 Å². The molecule has 0 bridgehead atoms. The van der Waals surface area contributed by atoms with E-state index in [1.54, 1.807) is 0 Å². The number of halogens is 7. The van der Waals surface area contributed by atoms with Gasteiger partial charge in [-0.3, -0.25) is 4.79 Å². The summed E-state index contributed by atoms with van der Waals surface area (Å²) in [6, 6.07) is 1.04. The van der Waals surface area contributed by atoms with Crippen LogP contribution in [0.1, 0.15) is 36.1 Å². The van der Waals surface area contributed by atoms with Gasteiger partial charge in [0.25, 0.3) is 11.9 Å². The minimum absolute atomic E-state index is 0.151. The number of ether oxygens (including phenoxy) is 1. The van der Waals surface area contributed by atoms with Crippen LogP contribution in [0.4, 0.5) is 32.2 Å². The van der Waals surface area contributed by atoms with Crippen molar-refractivity contribution >= 4 is 29.3 Å². The lowest BCUT2D eigenvalue weighted by atomic mass is 9.89. The van der Waals surface area contributed by atoms with Crippen LogP contribution in [0.2, 0.25) is 5.02 Å². The molecule has 1 amide bonds. The molecule has 2 atom stereocenters. The average molecular weight is 471 g/mol. The molecule has 15 heteroatoms. The van der Waals surface area contributed by atoms with E-state index in [4.69, 9.17) is 17.3 Å². The van der Waals surface area contributed by atoms with Gasteiger partial charge < -0.3 is 15.8 Å². The molecule has 2 aromatic heterocycles. The van der Waals surface area contributed by atoms with E-state index in [1.807, 2.05) is 0 Å². The minimum Gasteiger partial charge on any atom is -0.452 e. The first kappa shape index (κ1) is 22.7. The number of nitrogens with zero attached hydrogens (tertiary/aromatic N) is 4. The normalized spacial score (nSPS) is 21.6. The quantitative estimate of drug-likeness (QED) is 0.664. The summed E-state index contributed by atoms with van der Waals surface area (Å²) in [6.07, 6.45) is -7.26. The van der Waals surface area contributed by atoms with Crippen LogP contribution in [0.25, 0.3) is 0 Å². The highest BCUT2D eigenvalue weighted by atomic mass is 35.5. The van der Waals surface area contributed by atoms with Crippen LogP contribution < -0.4 is 11.1 Å². The molecule has 0 aromatic carbocycles. The number of carbonyl (C=O) groups is 1. The first-order valence-corrected chi connectivity index (χ1v) is 8.78. The van der Waals surface area contributed by atoms with Crippen molar-refractivity contribution in [1.82, 2.24) is 14.8 Å². The number of carbonyl (C=O) groups excluding carboxylic acids is 1. The highest BCUT2D eigenvalue weighted by Crippen LogP contribution is 2.40.